The van der Waals surface area contributed by atoms with Crippen LogP contribution in [-0.2, 0) is 6.42 Å². The van der Waals surface area contributed by atoms with Crippen molar-refractivity contribution in [2.45, 2.75) is 13.3 Å². The van der Waals surface area contributed by atoms with Gasteiger partial charge in [0.05, 0.1) is 11.4 Å². The van der Waals surface area contributed by atoms with Crippen LogP contribution in [0.1, 0.15) is 11.5 Å². The maximum atomic E-state index is 5.84. The lowest BCUT2D eigenvalue weighted by atomic mass is 10.3. The monoisotopic (exact) mass is 252 g/mol. The van der Waals surface area contributed by atoms with Gasteiger partial charge in [-0.3, -0.25) is 0 Å². The second-order valence-corrected chi connectivity index (χ2v) is 3.89. The van der Waals surface area contributed by atoms with Gasteiger partial charge in [0.25, 0.3) is 0 Å². The molecule has 2 rings (SSSR count). The van der Waals surface area contributed by atoms with Gasteiger partial charge in [-0.2, -0.15) is 4.98 Å². The van der Waals surface area contributed by atoms with Crippen LogP contribution in [0, 0.1) is 6.92 Å². The Bertz CT molecular complexity index is 496. The van der Waals surface area contributed by atoms with Gasteiger partial charge in [0.15, 0.2) is 5.82 Å². The van der Waals surface area contributed by atoms with Gasteiger partial charge in [0, 0.05) is 25.4 Å². The van der Waals surface area contributed by atoms with E-state index in [1.54, 1.807) is 19.3 Å². The number of anilines is 2. The third-order valence-corrected chi connectivity index (χ3v) is 2.49. The number of H-pyrrole nitrogens is 1. The van der Waals surface area contributed by atoms with E-state index in [-0.39, 0.29) is 5.28 Å². The molecule has 6 nitrogen and oxygen atoms in total. The topological polar surface area (TPSA) is 92.5 Å². The van der Waals surface area contributed by atoms with Crippen molar-refractivity contribution in [2.24, 2.45) is 0 Å². The van der Waals surface area contributed by atoms with Crippen LogP contribution >= 0.6 is 11.6 Å². The molecule has 4 N–H and O–H groups in total. The Hall–Kier alpha value is -1.82. The highest BCUT2D eigenvalue weighted by atomic mass is 35.5. The molecule has 0 aliphatic rings. The van der Waals surface area contributed by atoms with Crippen LogP contribution in [0.5, 0.6) is 0 Å². The Balaban J connectivity index is 1.99. The molecule has 0 saturated carbocycles. The number of nitrogens with one attached hydrogen (secondary N) is 2. The highest BCUT2D eigenvalue weighted by molar-refractivity contribution is 6.28. The number of aromatic amines is 1. The molecule has 0 saturated heterocycles. The summed E-state index contributed by atoms with van der Waals surface area (Å²) in [5, 5.41) is 3.30. The van der Waals surface area contributed by atoms with Crippen molar-refractivity contribution < 1.29 is 0 Å². The molecule has 0 amide bonds. The SMILES string of the molecule is Cc1nc(Cl)nc(NCCc2ncc[nH]2)c1N. The van der Waals surface area contributed by atoms with Gasteiger partial charge in [-0.15, -0.1) is 0 Å². The van der Waals surface area contributed by atoms with Crippen molar-refractivity contribution in [3.05, 3.63) is 29.2 Å². The Morgan fingerprint density at radius 2 is 2.29 bits per heavy atom. The smallest absolute Gasteiger partial charge is 0.224 e. The van der Waals surface area contributed by atoms with E-state index in [0.29, 0.717) is 23.7 Å². The number of nitrogen functional groups attached to an aromatic ring is 1. The highest BCUT2D eigenvalue weighted by Gasteiger charge is 2.07. The molecule has 0 spiro atoms. The number of imidazole rings is 1. The standard InChI is InChI=1S/C10H13ClN6/c1-6-8(12)9(17-10(11)16-6)15-3-2-7-13-4-5-14-7/h4-5H,2-3,12H2,1H3,(H,13,14)(H,15,16,17). The summed E-state index contributed by atoms with van der Waals surface area (Å²) in [5.74, 6) is 1.47. The highest BCUT2D eigenvalue weighted by Crippen LogP contribution is 2.20. The zero-order chi connectivity index (χ0) is 12.3. The molecule has 0 aliphatic carbocycles. The van der Waals surface area contributed by atoms with Gasteiger partial charge in [-0.25, -0.2) is 9.97 Å². The summed E-state index contributed by atoms with van der Waals surface area (Å²) in [6.07, 6.45) is 4.26. The van der Waals surface area contributed by atoms with E-state index < -0.39 is 0 Å². The van der Waals surface area contributed by atoms with Crippen molar-refractivity contribution in [3.63, 3.8) is 0 Å². The third kappa shape index (κ3) is 2.85. The van der Waals surface area contributed by atoms with E-state index in [9.17, 15) is 0 Å². The molecule has 0 radical (unpaired) electrons. The Labute approximate surface area is 104 Å². The molecule has 2 aromatic heterocycles. The number of halogens is 1. The molecular formula is C10H13ClN6. The molecule has 0 fully saturated rings. The maximum absolute atomic E-state index is 5.84. The van der Waals surface area contributed by atoms with Crippen molar-refractivity contribution in [1.29, 1.82) is 0 Å². The average Bonchev–Trinajstić information content (AvgIpc) is 2.78. The summed E-state index contributed by atoms with van der Waals surface area (Å²) in [7, 11) is 0. The number of hydrogen-bond donors (Lipinski definition) is 3. The second-order valence-electron chi connectivity index (χ2n) is 3.55. The van der Waals surface area contributed by atoms with E-state index in [1.807, 2.05) is 0 Å². The van der Waals surface area contributed by atoms with Gasteiger partial charge in [-0.1, -0.05) is 0 Å². The minimum Gasteiger partial charge on any atom is -0.394 e. The fourth-order valence-corrected chi connectivity index (χ4v) is 1.63. The second kappa shape index (κ2) is 5.01. The van der Waals surface area contributed by atoms with Crippen LogP contribution in [0.2, 0.25) is 5.28 Å². The Kier molecular flexibility index (Phi) is 3.43. The molecule has 17 heavy (non-hydrogen) atoms. The van der Waals surface area contributed by atoms with E-state index in [0.717, 1.165) is 12.2 Å². The molecule has 7 heteroatoms. The van der Waals surface area contributed by atoms with E-state index in [1.165, 1.54) is 0 Å². The van der Waals surface area contributed by atoms with Crippen LogP contribution in [0.15, 0.2) is 12.4 Å². The lowest BCUT2D eigenvalue weighted by molar-refractivity contribution is 0.919. The van der Waals surface area contributed by atoms with Gasteiger partial charge in [0.1, 0.15) is 5.82 Å². The van der Waals surface area contributed by atoms with E-state index >= 15 is 0 Å². The molecule has 2 heterocycles. The summed E-state index contributed by atoms with van der Waals surface area (Å²) in [4.78, 5) is 15.1. The van der Waals surface area contributed by atoms with Gasteiger partial charge >= 0.3 is 0 Å². The number of nitrogens with zero attached hydrogens (tertiary/aromatic N) is 3. The maximum Gasteiger partial charge on any atom is 0.224 e. The van der Waals surface area contributed by atoms with Crippen molar-refractivity contribution in [3.8, 4) is 0 Å². The number of aryl methyl sites for hydroxylation is 1. The molecule has 2 aromatic rings. The van der Waals surface area contributed by atoms with Crippen molar-refractivity contribution in [1.82, 2.24) is 19.9 Å². The first kappa shape index (κ1) is 11.7. The number of hydrogen-bond acceptors (Lipinski definition) is 5. The number of rotatable bonds is 4. The normalized spacial score (nSPS) is 10.5. The lowest BCUT2D eigenvalue weighted by Gasteiger charge is -2.09. The van der Waals surface area contributed by atoms with Crippen molar-refractivity contribution in [2.75, 3.05) is 17.6 Å². The fourth-order valence-electron chi connectivity index (χ4n) is 1.42. The molecule has 0 aliphatic heterocycles. The molecule has 0 atom stereocenters. The summed E-state index contributed by atoms with van der Waals surface area (Å²) in [6.45, 7) is 2.46. The minimum absolute atomic E-state index is 0.192. The number of nitrogens with two attached hydrogens (primary N) is 1. The zero-order valence-electron chi connectivity index (χ0n) is 9.37. The summed E-state index contributed by atoms with van der Waals surface area (Å²) >= 11 is 5.76. The third-order valence-electron chi connectivity index (χ3n) is 2.32. The lowest BCUT2D eigenvalue weighted by Crippen LogP contribution is -2.11. The molecule has 0 bridgehead atoms. The number of aromatic nitrogens is 4. The van der Waals surface area contributed by atoms with Gasteiger partial charge in [0.2, 0.25) is 5.28 Å². The Morgan fingerprint density at radius 1 is 1.47 bits per heavy atom. The Morgan fingerprint density at radius 3 is 3.00 bits per heavy atom. The summed E-state index contributed by atoms with van der Waals surface area (Å²) in [5.41, 5.74) is 7.04. The quantitative estimate of drug-likeness (QED) is 0.716. The predicted octanol–water partition coefficient (Wildman–Crippen LogP) is 1.40. The molecule has 0 unspecified atom stereocenters. The van der Waals surface area contributed by atoms with Crippen LogP contribution in [-0.4, -0.2) is 26.5 Å². The fraction of sp³-hybridized carbons (Fsp3) is 0.300. The summed E-state index contributed by atoms with van der Waals surface area (Å²) in [6, 6.07) is 0. The van der Waals surface area contributed by atoms with E-state index in [4.69, 9.17) is 17.3 Å². The largest absolute Gasteiger partial charge is 0.394 e. The first-order valence-corrected chi connectivity index (χ1v) is 5.56. The zero-order valence-corrected chi connectivity index (χ0v) is 10.1. The van der Waals surface area contributed by atoms with Crippen LogP contribution < -0.4 is 11.1 Å². The average molecular weight is 253 g/mol. The van der Waals surface area contributed by atoms with Crippen molar-refractivity contribution >= 4 is 23.1 Å². The van der Waals surface area contributed by atoms with E-state index in [2.05, 4.69) is 25.3 Å². The minimum atomic E-state index is 0.192. The molecule has 0 aromatic carbocycles. The molecular weight excluding hydrogens is 240 g/mol. The first-order chi connectivity index (χ1) is 8.16. The molecule has 90 valence electrons. The van der Waals surface area contributed by atoms with Crippen LogP contribution in [0.25, 0.3) is 0 Å². The van der Waals surface area contributed by atoms with Crippen LogP contribution in [0.3, 0.4) is 0 Å². The van der Waals surface area contributed by atoms with Gasteiger partial charge < -0.3 is 16.0 Å². The first-order valence-electron chi connectivity index (χ1n) is 5.18. The van der Waals surface area contributed by atoms with Crippen LogP contribution in [0.4, 0.5) is 11.5 Å². The van der Waals surface area contributed by atoms with Gasteiger partial charge in [-0.05, 0) is 18.5 Å². The predicted molar refractivity (Wildman–Crippen MR) is 67.0 cm³/mol. The summed E-state index contributed by atoms with van der Waals surface area (Å²) < 4.78 is 0.